The van der Waals surface area contributed by atoms with Gasteiger partial charge in [-0.1, -0.05) is 19.1 Å². The first-order valence-corrected chi connectivity index (χ1v) is 8.76. The van der Waals surface area contributed by atoms with E-state index in [1.807, 2.05) is 19.1 Å². The topological polar surface area (TPSA) is 75.6 Å². The largest absolute Gasteiger partial charge is 0.416 e. The predicted molar refractivity (Wildman–Crippen MR) is 100 cm³/mol. The van der Waals surface area contributed by atoms with Crippen molar-refractivity contribution in [1.82, 2.24) is 19.9 Å². The molecule has 0 bridgehead atoms. The average Bonchev–Trinajstić information content (AvgIpc) is 2.67. The summed E-state index contributed by atoms with van der Waals surface area (Å²) in [6.07, 6.45) is 0.447. The molecule has 28 heavy (non-hydrogen) atoms. The summed E-state index contributed by atoms with van der Waals surface area (Å²) in [6.45, 7) is 2.46. The minimum Gasteiger partial charge on any atom is -0.350 e. The van der Waals surface area contributed by atoms with Crippen LogP contribution in [0.1, 0.15) is 30.3 Å². The van der Waals surface area contributed by atoms with Gasteiger partial charge < -0.3 is 10.6 Å². The van der Waals surface area contributed by atoms with Crippen molar-refractivity contribution < 1.29 is 13.2 Å². The van der Waals surface area contributed by atoms with Crippen molar-refractivity contribution in [1.29, 1.82) is 0 Å². The number of rotatable bonds is 7. The number of aromatic nitrogens is 4. The van der Waals surface area contributed by atoms with Gasteiger partial charge in [-0.05, 0) is 36.2 Å². The first kappa shape index (κ1) is 19.5. The third-order valence-electron chi connectivity index (χ3n) is 3.77. The summed E-state index contributed by atoms with van der Waals surface area (Å²) in [6, 6.07) is 8.64. The van der Waals surface area contributed by atoms with E-state index in [1.165, 1.54) is 12.1 Å². The number of aryl methyl sites for hydroxylation is 1. The van der Waals surface area contributed by atoms with Crippen LogP contribution in [0.4, 0.5) is 30.8 Å². The highest BCUT2D eigenvalue weighted by atomic mass is 19.4. The van der Waals surface area contributed by atoms with Crippen LogP contribution in [0.3, 0.4) is 0 Å². The van der Waals surface area contributed by atoms with E-state index in [9.17, 15) is 13.2 Å². The second kappa shape index (κ2) is 8.64. The van der Waals surface area contributed by atoms with Gasteiger partial charge in [-0.2, -0.15) is 28.1 Å². The first-order valence-electron chi connectivity index (χ1n) is 8.76. The van der Waals surface area contributed by atoms with E-state index >= 15 is 0 Å². The molecule has 0 atom stereocenters. The minimum atomic E-state index is -4.42. The summed E-state index contributed by atoms with van der Waals surface area (Å²) in [5.74, 6) is 1.09. The number of nitrogens with zero attached hydrogens (tertiary/aromatic N) is 4. The van der Waals surface area contributed by atoms with Crippen LogP contribution in [0.25, 0.3) is 0 Å². The third-order valence-corrected chi connectivity index (χ3v) is 3.77. The van der Waals surface area contributed by atoms with E-state index in [0.717, 1.165) is 24.1 Å². The maximum Gasteiger partial charge on any atom is 0.416 e. The number of hydrogen-bond donors (Lipinski definition) is 2. The first-order chi connectivity index (χ1) is 13.4. The van der Waals surface area contributed by atoms with E-state index in [-0.39, 0.29) is 11.6 Å². The molecule has 0 saturated carbocycles. The number of halogens is 3. The SMILES string of the molecule is CCCc1nc(NCc2cccnc2)nc(Nc2cccc(C(F)(F)F)c2)n1. The Morgan fingerprint density at radius 1 is 1.00 bits per heavy atom. The average molecular weight is 388 g/mol. The Labute approximate surface area is 160 Å². The van der Waals surface area contributed by atoms with Gasteiger partial charge in [0.05, 0.1) is 5.56 Å². The summed E-state index contributed by atoms with van der Waals surface area (Å²) in [4.78, 5) is 17.0. The van der Waals surface area contributed by atoms with E-state index in [1.54, 1.807) is 12.4 Å². The lowest BCUT2D eigenvalue weighted by Crippen LogP contribution is -2.10. The van der Waals surface area contributed by atoms with Gasteiger partial charge in [0.25, 0.3) is 0 Å². The molecular formula is C19H19F3N6. The van der Waals surface area contributed by atoms with Crippen molar-refractivity contribution in [2.75, 3.05) is 10.6 Å². The molecule has 6 nitrogen and oxygen atoms in total. The Morgan fingerprint density at radius 3 is 2.54 bits per heavy atom. The van der Waals surface area contributed by atoms with E-state index in [4.69, 9.17) is 0 Å². The van der Waals surface area contributed by atoms with Crippen molar-refractivity contribution >= 4 is 17.6 Å². The Kier molecular flexibility index (Phi) is 6.03. The van der Waals surface area contributed by atoms with Crippen molar-refractivity contribution in [3.63, 3.8) is 0 Å². The molecule has 0 radical (unpaired) electrons. The van der Waals surface area contributed by atoms with Crippen LogP contribution >= 0.6 is 0 Å². The molecule has 0 fully saturated rings. The molecule has 2 heterocycles. The molecule has 2 aromatic heterocycles. The molecule has 1 aromatic carbocycles. The summed E-state index contributed by atoms with van der Waals surface area (Å²) in [5.41, 5.74) is 0.462. The highest BCUT2D eigenvalue weighted by Crippen LogP contribution is 2.31. The van der Waals surface area contributed by atoms with E-state index in [2.05, 4.69) is 30.6 Å². The van der Waals surface area contributed by atoms with Gasteiger partial charge >= 0.3 is 6.18 Å². The summed E-state index contributed by atoms with van der Waals surface area (Å²) < 4.78 is 38.7. The third kappa shape index (κ3) is 5.38. The predicted octanol–water partition coefficient (Wildman–Crippen LogP) is 4.59. The molecule has 0 saturated heterocycles. The standard InChI is InChI=1S/C19H19F3N6/c1-2-5-16-26-17(24-12-13-6-4-9-23-11-13)28-18(27-16)25-15-8-3-7-14(10-15)19(20,21)22/h3-4,6-11H,2,5,12H2,1H3,(H2,24,25,26,27,28). The van der Waals surface area contributed by atoms with Gasteiger partial charge in [0.1, 0.15) is 5.82 Å². The van der Waals surface area contributed by atoms with Crippen LogP contribution in [-0.4, -0.2) is 19.9 Å². The molecule has 0 aliphatic heterocycles. The van der Waals surface area contributed by atoms with Crippen LogP contribution in [0.2, 0.25) is 0 Å². The van der Waals surface area contributed by atoms with Crippen molar-refractivity contribution in [2.45, 2.75) is 32.5 Å². The van der Waals surface area contributed by atoms with Crippen LogP contribution < -0.4 is 10.6 Å². The molecule has 9 heteroatoms. The molecule has 146 valence electrons. The van der Waals surface area contributed by atoms with Gasteiger partial charge in [-0.15, -0.1) is 0 Å². The van der Waals surface area contributed by atoms with Crippen molar-refractivity contribution in [3.05, 3.63) is 65.7 Å². The Bertz CT molecular complexity index is 915. The lowest BCUT2D eigenvalue weighted by molar-refractivity contribution is -0.137. The highest BCUT2D eigenvalue weighted by molar-refractivity contribution is 5.55. The van der Waals surface area contributed by atoms with Gasteiger partial charge in [0, 0.05) is 31.0 Å². The fourth-order valence-corrected chi connectivity index (χ4v) is 2.48. The fourth-order valence-electron chi connectivity index (χ4n) is 2.48. The Morgan fingerprint density at radius 2 is 1.82 bits per heavy atom. The highest BCUT2D eigenvalue weighted by Gasteiger charge is 2.30. The molecule has 0 amide bonds. The molecule has 0 aliphatic rings. The number of anilines is 3. The lowest BCUT2D eigenvalue weighted by atomic mass is 10.2. The van der Waals surface area contributed by atoms with Crippen LogP contribution in [0, 0.1) is 0 Å². The number of alkyl halides is 3. The normalized spacial score (nSPS) is 11.3. The molecule has 0 unspecified atom stereocenters. The summed E-state index contributed by atoms with van der Waals surface area (Å²) in [7, 11) is 0. The molecule has 0 aliphatic carbocycles. The number of benzene rings is 1. The zero-order valence-corrected chi connectivity index (χ0v) is 15.2. The Hall–Kier alpha value is -3.23. The van der Waals surface area contributed by atoms with Crippen LogP contribution in [0.5, 0.6) is 0 Å². The number of nitrogens with one attached hydrogen (secondary N) is 2. The zero-order chi connectivity index (χ0) is 20.0. The van der Waals surface area contributed by atoms with Gasteiger partial charge in [-0.25, -0.2) is 0 Å². The monoisotopic (exact) mass is 388 g/mol. The molecule has 0 spiro atoms. The van der Waals surface area contributed by atoms with Crippen LogP contribution in [-0.2, 0) is 19.1 Å². The lowest BCUT2D eigenvalue weighted by Gasteiger charge is -2.12. The fraction of sp³-hybridized carbons (Fsp3) is 0.263. The minimum absolute atomic E-state index is 0.187. The Balaban J connectivity index is 1.81. The maximum atomic E-state index is 12.9. The van der Waals surface area contributed by atoms with Gasteiger partial charge in [-0.3, -0.25) is 4.98 Å². The van der Waals surface area contributed by atoms with E-state index < -0.39 is 11.7 Å². The number of pyridine rings is 1. The smallest absolute Gasteiger partial charge is 0.350 e. The summed E-state index contributed by atoms with van der Waals surface area (Å²) >= 11 is 0. The van der Waals surface area contributed by atoms with Crippen LogP contribution in [0.15, 0.2) is 48.8 Å². The van der Waals surface area contributed by atoms with Gasteiger partial charge in [0.15, 0.2) is 0 Å². The second-order valence-electron chi connectivity index (χ2n) is 6.07. The van der Waals surface area contributed by atoms with Crippen molar-refractivity contribution in [3.8, 4) is 0 Å². The molecule has 3 aromatic rings. The molecule has 2 N–H and O–H groups in total. The van der Waals surface area contributed by atoms with E-state index in [0.29, 0.717) is 24.7 Å². The second-order valence-corrected chi connectivity index (χ2v) is 6.07. The molecule has 3 rings (SSSR count). The van der Waals surface area contributed by atoms with Gasteiger partial charge in [0.2, 0.25) is 11.9 Å². The van der Waals surface area contributed by atoms with Crippen molar-refractivity contribution in [2.24, 2.45) is 0 Å². The quantitative estimate of drug-likeness (QED) is 0.616. The summed E-state index contributed by atoms with van der Waals surface area (Å²) in [5, 5.41) is 5.94. The zero-order valence-electron chi connectivity index (χ0n) is 15.2. The maximum absolute atomic E-state index is 12.9. The number of hydrogen-bond acceptors (Lipinski definition) is 6. The molecular weight excluding hydrogens is 369 g/mol.